The average molecular weight is 254 g/mol. The highest BCUT2D eigenvalue weighted by Crippen LogP contribution is 2.01. The summed E-state index contributed by atoms with van der Waals surface area (Å²) in [4.78, 5) is 22.4. The van der Waals surface area contributed by atoms with Crippen LogP contribution in [0.2, 0.25) is 0 Å². The van der Waals surface area contributed by atoms with Crippen LogP contribution in [0.4, 0.5) is 0 Å². The first-order chi connectivity index (χ1) is 8.56. The van der Waals surface area contributed by atoms with Gasteiger partial charge in [0.2, 0.25) is 0 Å². The summed E-state index contributed by atoms with van der Waals surface area (Å²) in [5.41, 5.74) is 1.11. The highest BCUT2D eigenvalue weighted by molar-refractivity contribution is 5.72. The van der Waals surface area contributed by atoms with Crippen molar-refractivity contribution in [2.45, 2.75) is 39.5 Å². The van der Waals surface area contributed by atoms with Gasteiger partial charge in [-0.05, 0) is 32.8 Å². The molecule has 0 bridgehead atoms. The third kappa shape index (κ3) is 10.9. The van der Waals surface area contributed by atoms with Gasteiger partial charge in [-0.3, -0.25) is 9.59 Å². The van der Waals surface area contributed by atoms with Gasteiger partial charge in [-0.1, -0.05) is 11.6 Å². The van der Waals surface area contributed by atoms with Gasteiger partial charge < -0.3 is 9.47 Å². The summed E-state index contributed by atoms with van der Waals surface area (Å²) >= 11 is 0. The van der Waals surface area contributed by atoms with E-state index in [0.29, 0.717) is 26.1 Å². The SMILES string of the molecule is C=CCCOC(=O)CCCC(=O)OCC=C(C)C. The molecular weight excluding hydrogens is 232 g/mol. The molecule has 4 heteroatoms. The number of hydrogen-bond donors (Lipinski definition) is 0. The quantitative estimate of drug-likeness (QED) is 0.360. The second-order valence-electron chi connectivity index (χ2n) is 4.12. The molecule has 0 heterocycles. The van der Waals surface area contributed by atoms with Crippen molar-refractivity contribution in [2.75, 3.05) is 13.2 Å². The van der Waals surface area contributed by atoms with E-state index in [0.717, 1.165) is 5.57 Å². The normalized spacial score (nSPS) is 9.44. The van der Waals surface area contributed by atoms with Crippen LogP contribution in [0.1, 0.15) is 39.5 Å². The molecule has 0 aliphatic heterocycles. The molecule has 0 amide bonds. The topological polar surface area (TPSA) is 52.6 Å². The lowest BCUT2D eigenvalue weighted by molar-refractivity contribution is -0.144. The first-order valence-electron chi connectivity index (χ1n) is 6.11. The Labute approximate surface area is 109 Å². The van der Waals surface area contributed by atoms with Gasteiger partial charge in [0.25, 0.3) is 0 Å². The van der Waals surface area contributed by atoms with Crippen LogP contribution in [0.25, 0.3) is 0 Å². The van der Waals surface area contributed by atoms with E-state index in [1.165, 1.54) is 0 Å². The van der Waals surface area contributed by atoms with Gasteiger partial charge in [-0.15, -0.1) is 6.58 Å². The molecule has 0 rings (SSSR count). The summed E-state index contributed by atoms with van der Waals surface area (Å²) in [5.74, 6) is -0.569. The summed E-state index contributed by atoms with van der Waals surface area (Å²) in [6.45, 7) is 8.05. The molecule has 0 aliphatic rings. The number of ether oxygens (including phenoxy) is 2. The van der Waals surface area contributed by atoms with E-state index in [4.69, 9.17) is 9.47 Å². The monoisotopic (exact) mass is 254 g/mol. The molecule has 18 heavy (non-hydrogen) atoms. The summed E-state index contributed by atoms with van der Waals surface area (Å²) in [7, 11) is 0. The number of rotatable bonds is 9. The second-order valence-corrected chi connectivity index (χ2v) is 4.12. The smallest absolute Gasteiger partial charge is 0.306 e. The lowest BCUT2D eigenvalue weighted by Gasteiger charge is -2.03. The fraction of sp³-hybridized carbons (Fsp3) is 0.571. The molecule has 4 nitrogen and oxygen atoms in total. The Balaban J connectivity index is 3.52. The molecule has 0 atom stereocenters. The average Bonchev–Trinajstić information content (AvgIpc) is 2.29. The van der Waals surface area contributed by atoms with Crippen molar-refractivity contribution in [3.63, 3.8) is 0 Å². The zero-order valence-electron chi connectivity index (χ0n) is 11.2. The molecule has 0 radical (unpaired) electrons. The molecule has 0 spiro atoms. The van der Waals surface area contributed by atoms with Crippen LogP contribution >= 0.6 is 0 Å². The maximum absolute atomic E-state index is 11.2. The maximum atomic E-state index is 11.2. The molecule has 0 saturated carbocycles. The first-order valence-corrected chi connectivity index (χ1v) is 6.11. The summed E-state index contributed by atoms with van der Waals surface area (Å²) in [6, 6.07) is 0. The highest BCUT2D eigenvalue weighted by Gasteiger charge is 2.06. The Hall–Kier alpha value is -1.58. The zero-order valence-corrected chi connectivity index (χ0v) is 11.2. The Kier molecular flexibility index (Phi) is 9.64. The molecule has 0 aliphatic carbocycles. The first kappa shape index (κ1) is 16.4. The van der Waals surface area contributed by atoms with Gasteiger partial charge in [0, 0.05) is 12.8 Å². The maximum Gasteiger partial charge on any atom is 0.306 e. The lowest BCUT2D eigenvalue weighted by Crippen LogP contribution is -2.08. The third-order valence-electron chi connectivity index (χ3n) is 2.08. The molecule has 0 fully saturated rings. The molecule has 0 aromatic heterocycles. The molecule has 0 unspecified atom stereocenters. The zero-order chi connectivity index (χ0) is 13.8. The van der Waals surface area contributed by atoms with Crippen molar-refractivity contribution in [1.29, 1.82) is 0 Å². The Morgan fingerprint density at radius 1 is 1.11 bits per heavy atom. The molecule has 0 saturated heterocycles. The molecule has 0 aromatic rings. The number of allylic oxidation sites excluding steroid dienone is 1. The van der Waals surface area contributed by atoms with E-state index in [2.05, 4.69) is 6.58 Å². The number of carbonyl (C=O) groups is 2. The third-order valence-corrected chi connectivity index (χ3v) is 2.08. The van der Waals surface area contributed by atoms with Gasteiger partial charge in [-0.2, -0.15) is 0 Å². The molecule has 0 N–H and O–H groups in total. The van der Waals surface area contributed by atoms with Crippen LogP contribution in [-0.2, 0) is 19.1 Å². The van der Waals surface area contributed by atoms with E-state index in [1.54, 1.807) is 6.08 Å². The van der Waals surface area contributed by atoms with Crippen molar-refractivity contribution in [1.82, 2.24) is 0 Å². The van der Waals surface area contributed by atoms with E-state index in [9.17, 15) is 9.59 Å². The molecule has 102 valence electrons. The minimum Gasteiger partial charge on any atom is -0.465 e. The van der Waals surface area contributed by atoms with Gasteiger partial charge in [0.1, 0.15) is 6.61 Å². The van der Waals surface area contributed by atoms with Gasteiger partial charge in [0.05, 0.1) is 6.61 Å². The van der Waals surface area contributed by atoms with E-state index in [1.807, 2.05) is 19.9 Å². The molecular formula is C14H22O4. The van der Waals surface area contributed by atoms with Gasteiger partial charge >= 0.3 is 11.9 Å². The van der Waals surface area contributed by atoms with Crippen LogP contribution in [0.15, 0.2) is 24.3 Å². The Bertz CT molecular complexity index is 301. The Morgan fingerprint density at radius 2 is 1.72 bits per heavy atom. The van der Waals surface area contributed by atoms with Gasteiger partial charge in [-0.25, -0.2) is 0 Å². The number of carbonyl (C=O) groups excluding carboxylic acids is 2. The fourth-order valence-electron chi connectivity index (χ4n) is 1.08. The Morgan fingerprint density at radius 3 is 2.28 bits per heavy atom. The minimum absolute atomic E-state index is 0.243. The highest BCUT2D eigenvalue weighted by atomic mass is 16.5. The van der Waals surface area contributed by atoms with Crippen LogP contribution in [0, 0.1) is 0 Å². The number of esters is 2. The predicted octanol–water partition coefficient (Wildman–Crippen LogP) is 2.79. The summed E-state index contributed by atoms with van der Waals surface area (Å²) < 4.78 is 9.86. The summed E-state index contributed by atoms with van der Waals surface area (Å²) in [6.07, 6.45) is 5.12. The van der Waals surface area contributed by atoms with Gasteiger partial charge in [0.15, 0.2) is 0 Å². The number of hydrogen-bond acceptors (Lipinski definition) is 4. The van der Waals surface area contributed by atoms with E-state index >= 15 is 0 Å². The van der Waals surface area contributed by atoms with E-state index < -0.39 is 0 Å². The van der Waals surface area contributed by atoms with Crippen LogP contribution in [-0.4, -0.2) is 25.2 Å². The summed E-state index contributed by atoms with van der Waals surface area (Å²) in [5, 5.41) is 0. The van der Waals surface area contributed by atoms with Crippen molar-refractivity contribution >= 4 is 11.9 Å². The lowest BCUT2D eigenvalue weighted by atomic mass is 10.2. The van der Waals surface area contributed by atoms with Crippen molar-refractivity contribution in [3.8, 4) is 0 Å². The standard InChI is InChI=1S/C14H22O4/c1-4-5-10-17-13(15)7-6-8-14(16)18-11-9-12(2)3/h4,9H,1,5-8,10-11H2,2-3H3. The fourth-order valence-corrected chi connectivity index (χ4v) is 1.08. The van der Waals surface area contributed by atoms with Crippen LogP contribution in [0.5, 0.6) is 0 Å². The molecule has 0 aromatic carbocycles. The van der Waals surface area contributed by atoms with Crippen molar-refractivity contribution in [3.05, 3.63) is 24.3 Å². The predicted molar refractivity (Wildman–Crippen MR) is 70.0 cm³/mol. The minimum atomic E-state index is -0.286. The van der Waals surface area contributed by atoms with Crippen molar-refractivity contribution in [2.24, 2.45) is 0 Å². The second kappa shape index (κ2) is 10.6. The van der Waals surface area contributed by atoms with Crippen LogP contribution in [0.3, 0.4) is 0 Å². The van der Waals surface area contributed by atoms with E-state index in [-0.39, 0.29) is 24.8 Å². The largest absolute Gasteiger partial charge is 0.465 e. The van der Waals surface area contributed by atoms with Crippen LogP contribution < -0.4 is 0 Å². The van der Waals surface area contributed by atoms with Crippen molar-refractivity contribution < 1.29 is 19.1 Å².